The van der Waals surface area contributed by atoms with Gasteiger partial charge in [-0.25, -0.2) is 0 Å². The van der Waals surface area contributed by atoms with Crippen LogP contribution in [0.5, 0.6) is 5.75 Å². The Bertz CT molecular complexity index is 560. The SMILES string of the molecule is CCCOc1ccc(C(Cn2nc(C)cc2C)NC)cc1. The maximum atomic E-state index is 5.63. The molecule has 0 saturated heterocycles. The van der Waals surface area contributed by atoms with E-state index < -0.39 is 0 Å². The Labute approximate surface area is 127 Å². The molecular formula is C17H25N3O. The summed E-state index contributed by atoms with van der Waals surface area (Å²) >= 11 is 0. The summed E-state index contributed by atoms with van der Waals surface area (Å²) in [7, 11) is 1.98. The van der Waals surface area contributed by atoms with Gasteiger partial charge >= 0.3 is 0 Å². The van der Waals surface area contributed by atoms with E-state index >= 15 is 0 Å². The van der Waals surface area contributed by atoms with Crippen LogP contribution in [0.1, 0.15) is 36.3 Å². The zero-order valence-electron chi connectivity index (χ0n) is 13.4. The fourth-order valence-corrected chi connectivity index (χ4v) is 2.41. The number of aryl methyl sites for hydroxylation is 2. The molecule has 0 fully saturated rings. The number of nitrogens with one attached hydrogen (secondary N) is 1. The summed E-state index contributed by atoms with van der Waals surface area (Å²) in [6.07, 6.45) is 1.03. The number of nitrogens with zero attached hydrogens (tertiary/aromatic N) is 2. The highest BCUT2D eigenvalue weighted by atomic mass is 16.5. The van der Waals surface area contributed by atoms with E-state index in [4.69, 9.17) is 4.74 Å². The highest BCUT2D eigenvalue weighted by Gasteiger charge is 2.12. The van der Waals surface area contributed by atoms with Crippen LogP contribution in [0.2, 0.25) is 0 Å². The van der Waals surface area contributed by atoms with E-state index in [-0.39, 0.29) is 6.04 Å². The third kappa shape index (κ3) is 4.08. The number of ether oxygens (including phenoxy) is 1. The van der Waals surface area contributed by atoms with Crippen molar-refractivity contribution in [2.45, 2.75) is 39.8 Å². The van der Waals surface area contributed by atoms with Gasteiger partial charge in [-0.3, -0.25) is 4.68 Å². The molecule has 2 rings (SSSR count). The van der Waals surface area contributed by atoms with Crippen LogP contribution in [0.15, 0.2) is 30.3 Å². The summed E-state index contributed by atoms with van der Waals surface area (Å²) in [5.41, 5.74) is 3.50. The Hall–Kier alpha value is -1.81. The molecule has 0 radical (unpaired) electrons. The van der Waals surface area contributed by atoms with Crippen LogP contribution < -0.4 is 10.1 Å². The van der Waals surface area contributed by atoms with Gasteiger partial charge in [-0.1, -0.05) is 19.1 Å². The Morgan fingerprint density at radius 1 is 1.24 bits per heavy atom. The summed E-state index contributed by atoms with van der Waals surface area (Å²) in [6, 6.07) is 10.7. The predicted molar refractivity (Wildman–Crippen MR) is 85.7 cm³/mol. The van der Waals surface area contributed by atoms with Crippen LogP contribution in [-0.2, 0) is 6.54 Å². The molecule has 1 aromatic heterocycles. The molecule has 4 nitrogen and oxygen atoms in total. The van der Waals surface area contributed by atoms with Crippen LogP contribution >= 0.6 is 0 Å². The van der Waals surface area contributed by atoms with Gasteiger partial charge < -0.3 is 10.1 Å². The van der Waals surface area contributed by atoms with Crippen molar-refractivity contribution in [3.05, 3.63) is 47.3 Å². The zero-order valence-corrected chi connectivity index (χ0v) is 13.4. The number of rotatable bonds is 7. The molecule has 0 aliphatic heterocycles. The zero-order chi connectivity index (χ0) is 15.2. The summed E-state index contributed by atoms with van der Waals surface area (Å²) in [5, 5.41) is 7.90. The lowest BCUT2D eigenvalue weighted by Crippen LogP contribution is -2.23. The minimum Gasteiger partial charge on any atom is -0.494 e. The van der Waals surface area contributed by atoms with E-state index in [1.165, 1.54) is 11.3 Å². The molecule has 0 aliphatic rings. The monoisotopic (exact) mass is 287 g/mol. The molecule has 0 saturated carbocycles. The van der Waals surface area contributed by atoms with E-state index in [0.717, 1.165) is 31.0 Å². The number of aromatic nitrogens is 2. The van der Waals surface area contributed by atoms with Crippen molar-refractivity contribution >= 4 is 0 Å². The topological polar surface area (TPSA) is 39.1 Å². The van der Waals surface area contributed by atoms with Crippen molar-refractivity contribution in [1.82, 2.24) is 15.1 Å². The molecule has 0 spiro atoms. The lowest BCUT2D eigenvalue weighted by atomic mass is 10.1. The van der Waals surface area contributed by atoms with E-state index in [0.29, 0.717) is 0 Å². The summed E-state index contributed by atoms with van der Waals surface area (Å²) in [4.78, 5) is 0. The molecule has 2 aromatic rings. The first-order chi connectivity index (χ1) is 10.1. The third-order valence-corrected chi connectivity index (χ3v) is 3.56. The van der Waals surface area contributed by atoms with E-state index in [9.17, 15) is 0 Å². The van der Waals surface area contributed by atoms with Gasteiger partial charge in [0.25, 0.3) is 0 Å². The van der Waals surface area contributed by atoms with Gasteiger partial charge in [-0.15, -0.1) is 0 Å². The molecule has 4 heteroatoms. The van der Waals surface area contributed by atoms with Crippen molar-refractivity contribution in [3.8, 4) is 5.75 Å². The second-order valence-electron chi connectivity index (χ2n) is 5.37. The molecule has 1 N–H and O–H groups in total. The first-order valence-corrected chi connectivity index (χ1v) is 7.55. The van der Waals surface area contributed by atoms with Gasteiger partial charge in [0.15, 0.2) is 0 Å². The van der Waals surface area contributed by atoms with Gasteiger partial charge in [0.2, 0.25) is 0 Å². The number of likely N-dealkylation sites (N-methyl/N-ethyl adjacent to an activating group) is 1. The molecule has 1 aromatic carbocycles. The molecular weight excluding hydrogens is 262 g/mol. The summed E-state index contributed by atoms with van der Waals surface area (Å²) < 4.78 is 7.68. The lowest BCUT2D eigenvalue weighted by Gasteiger charge is -2.18. The molecule has 0 bridgehead atoms. The maximum absolute atomic E-state index is 5.63. The molecule has 1 heterocycles. The van der Waals surface area contributed by atoms with Crippen molar-refractivity contribution in [3.63, 3.8) is 0 Å². The van der Waals surface area contributed by atoms with Crippen molar-refractivity contribution in [2.24, 2.45) is 0 Å². The standard InChI is InChI=1S/C17H25N3O/c1-5-10-21-16-8-6-15(7-9-16)17(18-4)12-20-14(3)11-13(2)19-20/h6-9,11,17-18H,5,10,12H2,1-4H3. The second-order valence-corrected chi connectivity index (χ2v) is 5.37. The summed E-state index contributed by atoms with van der Waals surface area (Å²) in [5.74, 6) is 0.932. The maximum Gasteiger partial charge on any atom is 0.119 e. The Morgan fingerprint density at radius 3 is 2.48 bits per heavy atom. The Kier molecular flexibility index (Phi) is 5.39. The van der Waals surface area contributed by atoms with Crippen LogP contribution in [0, 0.1) is 13.8 Å². The number of hydrogen-bond acceptors (Lipinski definition) is 3. The summed E-state index contributed by atoms with van der Waals surface area (Å²) in [6.45, 7) is 7.82. The van der Waals surface area contributed by atoms with Crippen molar-refractivity contribution < 1.29 is 4.74 Å². The minimum absolute atomic E-state index is 0.239. The van der Waals surface area contributed by atoms with Crippen LogP contribution in [0.4, 0.5) is 0 Å². The normalized spacial score (nSPS) is 12.4. The molecule has 114 valence electrons. The molecule has 0 aliphatic carbocycles. The second kappa shape index (κ2) is 7.27. The fraction of sp³-hybridized carbons (Fsp3) is 0.471. The molecule has 0 amide bonds. The smallest absolute Gasteiger partial charge is 0.119 e. The number of benzene rings is 1. The van der Waals surface area contributed by atoms with Gasteiger partial charge in [-0.05, 0) is 51.1 Å². The van der Waals surface area contributed by atoms with E-state index in [2.05, 4.69) is 47.1 Å². The van der Waals surface area contributed by atoms with Gasteiger partial charge in [-0.2, -0.15) is 5.10 Å². The Morgan fingerprint density at radius 2 is 1.95 bits per heavy atom. The van der Waals surface area contributed by atoms with E-state index in [1.54, 1.807) is 0 Å². The quantitative estimate of drug-likeness (QED) is 0.849. The predicted octanol–water partition coefficient (Wildman–Crippen LogP) is 3.25. The van der Waals surface area contributed by atoms with Crippen molar-refractivity contribution in [1.29, 1.82) is 0 Å². The first-order valence-electron chi connectivity index (χ1n) is 7.55. The largest absolute Gasteiger partial charge is 0.494 e. The van der Waals surface area contributed by atoms with Gasteiger partial charge in [0, 0.05) is 5.69 Å². The van der Waals surface area contributed by atoms with Gasteiger partial charge in [0.05, 0.1) is 24.9 Å². The third-order valence-electron chi connectivity index (χ3n) is 3.56. The highest BCUT2D eigenvalue weighted by Crippen LogP contribution is 2.20. The van der Waals surface area contributed by atoms with Crippen molar-refractivity contribution in [2.75, 3.05) is 13.7 Å². The number of hydrogen-bond donors (Lipinski definition) is 1. The van der Waals surface area contributed by atoms with Crippen LogP contribution in [0.3, 0.4) is 0 Å². The average Bonchev–Trinajstić information content (AvgIpc) is 2.81. The van der Waals surface area contributed by atoms with E-state index in [1.807, 2.05) is 26.1 Å². The van der Waals surface area contributed by atoms with Crippen LogP contribution in [0.25, 0.3) is 0 Å². The Balaban J connectivity index is 2.08. The van der Waals surface area contributed by atoms with Gasteiger partial charge in [0.1, 0.15) is 5.75 Å². The first kappa shape index (κ1) is 15.6. The molecule has 1 unspecified atom stereocenters. The minimum atomic E-state index is 0.239. The fourth-order valence-electron chi connectivity index (χ4n) is 2.41. The highest BCUT2D eigenvalue weighted by molar-refractivity contribution is 5.29. The van der Waals surface area contributed by atoms with Crippen LogP contribution in [-0.4, -0.2) is 23.4 Å². The average molecular weight is 287 g/mol. The molecule has 1 atom stereocenters. The molecule has 21 heavy (non-hydrogen) atoms. The lowest BCUT2D eigenvalue weighted by molar-refractivity contribution is 0.317.